The molecular weight excluding hydrogens is 162 g/mol. The van der Waals surface area contributed by atoms with E-state index in [9.17, 15) is 0 Å². The Morgan fingerprint density at radius 3 is 3.08 bits per heavy atom. The highest BCUT2D eigenvalue weighted by atomic mass is 15.0. The molecule has 1 aromatic rings. The van der Waals surface area contributed by atoms with E-state index in [4.69, 9.17) is 5.73 Å². The fourth-order valence-electron chi connectivity index (χ4n) is 1.91. The third-order valence-electron chi connectivity index (χ3n) is 2.91. The molecule has 1 aromatic heterocycles. The summed E-state index contributed by atoms with van der Waals surface area (Å²) in [4.78, 5) is 7.90. The van der Waals surface area contributed by atoms with E-state index in [2.05, 4.69) is 23.8 Å². The molecule has 3 N–H and O–H groups in total. The van der Waals surface area contributed by atoms with E-state index in [0.29, 0.717) is 5.92 Å². The van der Waals surface area contributed by atoms with Gasteiger partial charge in [0.25, 0.3) is 0 Å². The predicted octanol–water partition coefficient (Wildman–Crippen LogP) is 1.87. The fraction of sp³-hybridized carbons (Fsp3) is 0.700. The van der Waals surface area contributed by atoms with Gasteiger partial charge in [-0.15, -0.1) is 0 Å². The first-order valence-corrected chi connectivity index (χ1v) is 5.06. The summed E-state index contributed by atoms with van der Waals surface area (Å²) >= 11 is 0. The summed E-state index contributed by atoms with van der Waals surface area (Å²) in [6, 6.07) is 0.0813. The Morgan fingerprint density at radius 2 is 2.46 bits per heavy atom. The molecule has 3 heteroatoms. The molecule has 13 heavy (non-hydrogen) atoms. The average molecular weight is 179 g/mol. The number of nitrogens with zero attached hydrogens (tertiary/aromatic N) is 1. The highest BCUT2D eigenvalue weighted by Gasteiger charge is 2.24. The third-order valence-corrected chi connectivity index (χ3v) is 2.91. The maximum absolute atomic E-state index is 5.91. The molecule has 1 unspecified atom stereocenters. The number of fused-ring (bicyclic) bond motifs is 1. The Hall–Kier alpha value is -0.830. The average Bonchev–Trinajstić information content (AvgIpc) is 2.67. The zero-order valence-electron chi connectivity index (χ0n) is 8.30. The van der Waals surface area contributed by atoms with Gasteiger partial charge in [0, 0.05) is 11.6 Å². The molecule has 0 amide bonds. The fourth-order valence-corrected chi connectivity index (χ4v) is 1.91. The number of rotatable bonds is 2. The van der Waals surface area contributed by atoms with Crippen molar-refractivity contribution in [2.75, 3.05) is 0 Å². The van der Waals surface area contributed by atoms with Gasteiger partial charge in [-0.2, -0.15) is 0 Å². The van der Waals surface area contributed by atoms with Crippen LogP contribution in [-0.4, -0.2) is 9.97 Å². The maximum Gasteiger partial charge on any atom is 0.123 e. The van der Waals surface area contributed by atoms with Crippen molar-refractivity contribution < 1.29 is 0 Å². The van der Waals surface area contributed by atoms with Crippen LogP contribution >= 0.6 is 0 Å². The number of imidazole rings is 1. The topological polar surface area (TPSA) is 54.7 Å². The number of hydrogen-bond acceptors (Lipinski definition) is 2. The highest BCUT2D eigenvalue weighted by molar-refractivity contribution is 5.24. The van der Waals surface area contributed by atoms with Crippen LogP contribution in [0.25, 0.3) is 0 Å². The molecule has 0 fully saturated rings. The van der Waals surface area contributed by atoms with Gasteiger partial charge in [-0.1, -0.05) is 13.8 Å². The minimum Gasteiger partial charge on any atom is -0.344 e. The van der Waals surface area contributed by atoms with Gasteiger partial charge < -0.3 is 10.7 Å². The Morgan fingerprint density at radius 1 is 1.69 bits per heavy atom. The van der Waals surface area contributed by atoms with Crippen LogP contribution in [0.4, 0.5) is 0 Å². The van der Waals surface area contributed by atoms with Crippen molar-refractivity contribution in [2.24, 2.45) is 5.73 Å². The molecule has 0 bridgehead atoms. The second kappa shape index (κ2) is 3.14. The summed E-state index contributed by atoms with van der Waals surface area (Å²) in [5.74, 6) is 1.59. The molecule has 1 heterocycles. The van der Waals surface area contributed by atoms with Crippen LogP contribution in [0.5, 0.6) is 0 Å². The number of hydrogen-bond donors (Lipinski definition) is 2. The molecule has 0 spiro atoms. The van der Waals surface area contributed by atoms with Crippen LogP contribution in [0.3, 0.4) is 0 Å². The number of aromatic nitrogens is 2. The molecule has 0 aromatic carbocycles. The van der Waals surface area contributed by atoms with Gasteiger partial charge in [-0.25, -0.2) is 4.98 Å². The quantitative estimate of drug-likeness (QED) is 0.728. The number of aryl methyl sites for hydroxylation is 1. The van der Waals surface area contributed by atoms with Crippen molar-refractivity contribution in [1.82, 2.24) is 9.97 Å². The van der Waals surface area contributed by atoms with Crippen LogP contribution in [0, 0.1) is 0 Å². The van der Waals surface area contributed by atoms with E-state index in [1.165, 1.54) is 17.8 Å². The molecule has 0 saturated carbocycles. The lowest BCUT2D eigenvalue weighted by Crippen LogP contribution is -2.11. The van der Waals surface area contributed by atoms with Crippen LogP contribution in [0.15, 0.2) is 0 Å². The molecule has 1 aliphatic carbocycles. The Balaban J connectivity index is 2.28. The molecule has 0 aliphatic heterocycles. The highest BCUT2D eigenvalue weighted by Crippen LogP contribution is 2.31. The lowest BCUT2D eigenvalue weighted by molar-refractivity contribution is 0.639. The minimum absolute atomic E-state index is 0.0813. The number of aromatic amines is 1. The smallest absolute Gasteiger partial charge is 0.123 e. The number of nitrogens with two attached hydrogens (primary N) is 1. The SMILES string of the molecule is CC[C@@H](N)c1nc2c([nH]1)CCC2C. The van der Waals surface area contributed by atoms with E-state index in [0.717, 1.165) is 18.7 Å². The normalized spacial score (nSPS) is 23.2. The second-order valence-electron chi connectivity index (χ2n) is 3.94. The van der Waals surface area contributed by atoms with Gasteiger partial charge in [0.05, 0.1) is 11.7 Å². The zero-order valence-corrected chi connectivity index (χ0v) is 8.30. The van der Waals surface area contributed by atoms with Crippen molar-refractivity contribution >= 4 is 0 Å². The number of H-pyrrole nitrogens is 1. The monoisotopic (exact) mass is 179 g/mol. The molecule has 0 radical (unpaired) electrons. The van der Waals surface area contributed by atoms with Crippen LogP contribution in [0.2, 0.25) is 0 Å². The van der Waals surface area contributed by atoms with Gasteiger partial charge in [0.15, 0.2) is 0 Å². The largest absolute Gasteiger partial charge is 0.344 e. The Kier molecular flexibility index (Phi) is 2.12. The molecular formula is C10H17N3. The Labute approximate surface area is 78.7 Å². The summed E-state index contributed by atoms with van der Waals surface area (Å²) < 4.78 is 0. The summed E-state index contributed by atoms with van der Waals surface area (Å²) in [5.41, 5.74) is 8.47. The minimum atomic E-state index is 0.0813. The van der Waals surface area contributed by atoms with Crippen molar-refractivity contribution in [3.05, 3.63) is 17.2 Å². The first-order chi connectivity index (χ1) is 6.22. The lowest BCUT2D eigenvalue weighted by atomic mass is 10.1. The zero-order chi connectivity index (χ0) is 9.42. The lowest BCUT2D eigenvalue weighted by Gasteiger charge is -2.04. The second-order valence-corrected chi connectivity index (χ2v) is 3.94. The Bertz CT molecular complexity index is 303. The summed E-state index contributed by atoms with van der Waals surface area (Å²) in [5, 5.41) is 0. The van der Waals surface area contributed by atoms with Gasteiger partial charge in [0.2, 0.25) is 0 Å². The first-order valence-electron chi connectivity index (χ1n) is 5.06. The van der Waals surface area contributed by atoms with Gasteiger partial charge >= 0.3 is 0 Å². The predicted molar refractivity (Wildman–Crippen MR) is 52.5 cm³/mol. The molecule has 72 valence electrons. The van der Waals surface area contributed by atoms with Crippen LogP contribution < -0.4 is 5.73 Å². The van der Waals surface area contributed by atoms with Crippen molar-refractivity contribution in [2.45, 2.75) is 45.1 Å². The first kappa shape index (κ1) is 8.75. The molecule has 0 saturated heterocycles. The molecule has 1 aliphatic rings. The summed E-state index contributed by atoms with van der Waals surface area (Å²) in [6.45, 7) is 4.32. The van der Waals surface area contributed by atoms with Gasteiger partial charge in [-0.05, 0) is 19.3 Å². The molecule has 3 nitrogen and oxygen atoms in total. The third kappa shape index (κ3) is 1.37. The van der Waals surface area contributed by atoms with Gasteiger partial charge in [0.1, 0.15) is 5.82 Å². The van der Waals surface area contributed by atoms with E-state index in [1.807, 2.05) is 0 Å². The van der Waals surface area contributed by atoms with Crippen molar-refractivity contribution in [3.8, 4) is 0 Å². The van der Waals surface area contributed by atoms with Crippen LogP contribution in [-0.2, 0) is 6.42 Å². The maximum atomic E-state index is 5.91. The van der Waals surface area contributed by atoms with E-state index >= 15 is 0 Å². The van der Waals surface area contributed by atoms with E-state index in [1.54, 1.807) is 0 Å². The summed E-state index contributed by atoms with van der Waals surface area (Å²) in [6.07, 6.45) is 3.32. The van der Waals surface area contributed by atoms with Crippen molar-refractivity contribution in [1.29, 1.82) is 0 Å². The molecule has 2 atom stereocenters. The number of nitrogens with one attached hydrogen (secondary N) is 1. The summed E-state index contributed by atoms with van der Waals surface area (Å²) in [7, 11) is 0. The molecule has 2 rings (SSSR count). The van der Waals surface area contributed by atoms with E-state index in [-0.39, 0.29) is 6.04 Å². The van der Waals surface area contributed by atoms with E-state index < -0.39 is 0 Å². The van der Waals surface area contributed by atoms with Crippen molar-refractivity contribution in [3.63, 3.8) is 0 Å². The van der Waals surface area contributed by atoms with Gasteiger partial charge in [-0.3, -0.25) is 0 Å². The standard InChI is InChI=1S/C10H17N3/c1-3-7(11)10-12-8-5-4-6(2)9(8)13-10/h6-7H,3-5,11H2,1-2H3,(H,12,13)/t6?,7-/m1/s1. The van der Waals surface area contributed by atoms with Crippen LogP contribution in [0.1, 0.15) is 55.9 Å².